The van der Waals surface area contributed by atoms with E-state index in [-0.39, 0.29) is 18.3 Å². The summed E-state index contributed by atoms with van der Waals surface area (Å²) < 4.78 is 38.6. The monoisotopic (exact) mass is 235 g/mol. The summed E-state index contributed by atoms with van der Waals surface area (Å²) in [6, 6.07) is -0.998. The van der Waals surface area contributed by atoms with E-state index < -0.39 is 24.8 Å². The predicted molar refractivity (Wildman–Crippen MR) is 47.1 cm³/mol. The highest BCUT2D eigenvalue weighted by Crippen LogP contribution is 2.15. The molecular weight excluding hydrogens is 223 g/mol. The molecule has 0 saturated carbocycles. The van der Waals surface area contributed by atoms with Crippen molar-refractivity contribution in [1.29, 1.82) is 0 Å². The van der Waals surface area contributed by atoms with Crippen molar-refractivity contribution in [3.05, 3.63) is 0 Å². The molecule has 3 nitrogen and oxygen atoms in total. The average molecular weight is 236 g/mol. The Kier molecular flexibility index (Phi) is 6.93. The van der Waals surface area contributed by atoms with Crippen LogP contribution in [-0.2, 0) is 9.53 Å². The Balaban J connectivity index is 0. The number of alkyl halides is 3. The first-order valence-corrected chi connectivity index (χ1v) is 3.73. The van der Waals surface area contributed by atoms with Crippen LogP contribution in [0.2, 0.25) is 0 Å². The van der Waals surface area contributed by atoms with Gasteiger partial charge < -0.3 is 10.5 Å². The lowest BCUT2D eigenvalue weighted by molar-refractivity contribution is -0.187. The maximum atomic E-state index is 11.6. The second-order valence-corrected chi connectivity index (χ2v) is 2.99. The van der Waals surface area contributed by atoms with Gasteiger partial charge in [-0.1, -0.05) is 13.8 Å². The maximum Gasteiger partial charge on any atom is 0.422 e. The Hall–Kier alpha value is -0.490. The van der Waals surface area contributed by atoms with E-state index >= 15 is 0 Å². The molecule has 0 fully saturated rings. The quantitative estimate of drug-likeness (QED) is 0.755. The van der Waals surface area contributed by atoms with Crippen LogP contribution < -0.4 is 5.73 Å². The van der Waals surface area contributed by atoms with Crippen molar-refractivity contribution < 1.29 is 22.7 Å². The molecule has 2 N–H and O–H groups in total. The van der Waals surface area contributed by atoms with Gasteiger partial charge in [0.2, 0.25) is 0 Å². The molecule has 86 valence electrons. The van der Waals surface area contributed by atoms with Gasteiger partial charge in [0, 0.05) is 0 Å². The minimum absolute atomic E-state index is 0. The molecule has 0 radical (unpaired) electrons. The Morgan fingerprint density at radius 2 is 1.86 bits per heavy atom. The highest BCUT2D eigenvalue weighted by Gasteiger charge is 2.31. The highest BCUT2D eigenvalue weighted by atomic mass is 35.5. The third-order valence-corrected chi connectivity index (χ3v) is 1.37. The van der Waals surface area contributed by atoms with Crippen molar-refractivity contribution in [2.75, 3.05) is 6.61 Å². The van der Waals surface area contributed by atoms with Crippen LogP contribution in [0.3, 0.4) is 0 Å². The summed E-state index contributed by atoms with van der Waals surface area (Å²) in [6.45, 7) is 1.67. The predicted octanol–water partition coefficient (Wildman–Crippen LogP) is 1.50. The van der Waals surface area contributed by atoms with Gasteiger partial charge >= 0.3 is 12.1 Å². The molecule has 0 aromatic rings. The summed E-state index contributed by atoms with van der Waals surface area (Å²) >= 11 is 0. The van der Waals surface area contributed by atoms with E-state index in [1.807, 2.05) is 0 Å². The number of halogens is 4. The first-order valence-electron chi connectivity index (χ1n) is 3.73. The first kappa shape index (κ1) is 16.0. The number of carbonyl (C=O) groups is 1. The Bertz CT molecular complexity index is 184. The number of rotatable bonds is 3. The van der Waals surface area contributed by atoms with Crippen LogP contribution in [0.25, 0.3) is 0 Å². The van der Waals surface area contributed by atoms with Crippen LogP contribution in [0.15, 0.2) is 0 Å². The molecule has 0 aliphatic heterocycles. The van der Waals surface area contributed by atoms with Crippen LogP contribution >= 0.6 is 12.4 Å². The third-order valence-electron chi connectivity index (χ3n) is 1.37. The molecule has 0 aliphatic carbocycles. The number of nitrogens with two attached hydrogens (primary N) is 1. The fourth-order valence-corrected chi connectivity index (χ4v) is 0.521. The van der Waals surface area contributed by atoms with Gasteiger partial charge in [-0.3, -0.25) is 4.79 Å². The van der Waals surface area contributed by atoms with Crippen LogP contribution in [0.1, 0.15) is 13.8 Å². The molecule has 0 rings (SSSR count). The zero-order valence-electron chi connectivity index (χ0n) is 7.80. The highest BCUT2D eigenvalue weighted by molar-refractivity contribution is 5.85. The Labute approximate surface area is 86.2 Å². The van der Waals surface area contributed by atoms with E-state index in [1.165, 1.54) is 0 Å². The lowest BCUT2D eigenvalue weighted by Gasteiger charge is -2.15. The van der Waals surface area contributed by atoms with Crippen LogP contribution in [0, 0.1) is 5.92 Å². The summed E-state index contributed by atoms with van der Waals surface area (Å²) in [6.07, 6.45) is -4.49. The largest absolute Gasteiger partial charge is 0.455 e. The molecule has 0 spiro atoms. The van der Waals surface area contributed by atoms with Gasteiger partial charge in [0.05, 0.1) is 0 Å². The molecule has 0 aromatic heterocycles. The van der Waals surface area contributed by atoms with Gasteiger partial charge in [-0.25, -0.2) is 0 Å². The van der Waals surface area contributed by atoms with Crippen LogP contribution in [0.5, 0.6) is 0 Å². The van der Waals surface area contributed by atoms with E-state index in [1.54, 1.807) is 13.8 Å². The lowest BCUT2D eigenvalue weighted by Crippen LogP contribution is -2.38. The summed E-state index contributed by atoms with van der Waals surface area (Å²) in [5.74, 6) is -1.26. The Morgan fingerprint density at radius 3 is 2.14 bits per heavy atom. The number of ether oxygens (including phenoxy) is 1. The van der Waals surface area contributed by atoms with Gasteiger partial charge in [0.15, 0.2) is 6.61 Å². The van der Waals surface area contributed by atoms with E-state index in [9.17, 15) is 18.0 Å². The zero-order chi connectivity index (χ0) is 10.6. The number of hydrogen-bond acceptors (Lipinski definition) is 3. The number of esters is 1. The van der Waals surface area contributed by atoms with Gasteiger partial charge in [-0.2, -0.15) is 13.2 Å². The van der Waals surface area contributed by atoms with Gasteiger partial charge in [-0.15, -0.1) is 12.4 Å². The standard InChI is InChI=1S/C7H12F3NO2.ClH/c1-4(2)5(11)6(12)13-3-7(8,9)10;/h4-5H,3,11H2,1-2H3;1H/t5-;/m0./s1. The summed E-state index contributed by atoms with van der Waals surface area (Å²) in [7, 11) is 0. The fraction of sp³-hybridized carbons (Fsp3) is 0.857. The molecule has 0 bridgehead atoms. The normalized spacial score (nSPS) is 13.4. The Morgan fingerprint density at radius 1 is 1.43 bits per heavy atom. The van der Waals surface area contributed by atoms with Crippen molar-refractivity contribution >= 4 is 18.4 Å². The molecule has 0 aliphatic rings. The minimum Gasteiger partial charge on any atom is -0.455 e. The fourth-order valence-electron chi connectivity index (χ4n) is 0.521. The minimum atomic E-state index is -4.49. The van der Waals surface area contributed by atoms with E-state index in [4.69, 9.17) is 5.73 Å². The molecule has 0 amide bonds. The van der Waals surface area contributed by atoms with Gasteiger partial charge in [0.25, 0.3) is 0 Å². The topological polar surface area (TPSA) is 52.3 Å². The van der Waals surface area contributed by atoms with Gasteiger partial charge in [-0.05, 0) is 5.92 Å². The third kappa shape index (κ3) is 6.97. The molecule has 7 heteroatoms. The molecule has 14 heavy (non-hydrogen) atoms. The smallest absolute Gasteiger partial charge is 0.422 e. The summed E-state index contributed by atoms with van der Waals surface area (Å²) in [4.78, 5) is 10.8. The second-order valence-electron chi connectivity index (χ2n) is 2.99. The second kappa shape index (κ2) is 6.08. The first-order chi connectivity index (χ1) is 5.74. The van der Waals surface area contributed by atoms with E-state index in [0.717, 1.165) is 0 Å². The van der Waals surface area contributed by atoms with E-state index in [0.29, 0.717) is 0 Å². The molecule has 0 heterocycles. The molecule has 0 unspecified atom stereocenters. The molecule has 1 atom stereocenters. The van der Waals surface area contributed by atoms with Crippen molar-refractivity contribution in [3.63, 3.8) is 0 Å². The van der Waals surface area contributed by atoms with E-state index in [2.05, 4.69) is 4.74 Å². The molecule has 0 saturated heterocycles. The van der Waals surface area contributed by atoms with Crippen molar-refractivity contribution in [3.8, 4) is 0 Å². The average Bonchev–Trinajstić information content (AvgIpc) is 1.97. The lowest BCUT2D eigenvalue weighted by atomic mass is 10.1. The van der Waals surface area contributed by atoms with Crippen molar-refractivity contribution in [2.45, 2.75) is 26.1 Å². The number of carbonyl (C=O) groups excluding carboxylic acids is 1. The molecule has 0 aromatic carbocycles. The van der Waals surface area contributed by atoms with Gasteiger partial charge in [0.1, 0.15) is 6.04 Å². The van der Waals surface area contributed by atoms with Crippen molar-refractivity contribution in [2.24, 2.45) is 11.7 Å². The summed E-state index contributed by atoms with van der Waals surface area (Å²) in [5, 5.41) is 0. The maximum absolute atomic E-state index is 11.6. The number of hydrogen-bond donors (Lipinski definition) is 1. The summed E-state index contributed by atoms with van der Waals surface area (Å²) in [5.41, 5.74) is 5.25. The van der Waals surface area contributed by atoms with Crippen LogP contribution in [-0.4, -0.2) is 24.8 Å². The molecular formula is C7H13ClF3NO2. The zero-order valence-corrected chi connectivity index (χ0v) is 8.61. The van der Waals surface area contributed by atoms with Crippen molar-refractivity contribution in [1.82, 2.24) is 0 Å². The SMILES string of the molecule is CC(C)[C@H](N)C(=O)OCC(F)(F)F.Cl. The van der Waals surface area contributed by atoms with Crippen LogP contribution in [0.4, 0.5) is 13.2 Å².